The molecular formula is C22H24N4O2. The number of nitrogens with one attached hydrogen (secondary N) is 2. The fourth-order valence-electron chi connectivity index (χ4n) is 2.77. The van der Waals surface area contributed by atoms with Gasteiger partial charge in [-0.2, -0.15) is 0 Å². The second-order valence-corrected chi connectivity index (χ2v) is 6.42. The summed E-state index contributed by atoms with van der Waals surface area (Å²) in [6.45, 7) is 3.25. The molecule has 3 rings (SSSR count). The summed E-state index contributed by atoms with van der Waals surface area (Å²) < 4.78 is 5.21. The zero-order valence-electron chi connectivity index (χ0n) is 16.1. The average molecular weight is 376 g/mol. The van der Waals surface area contributed by atoms with Crippen molar-refractivity contribution in [2.24, 2.45) is 0 Å². The Morgan fingerprint density at radius 3 is 2.68 bits per heavy atom. The second kappa shape index (κ2) is 9.50. The van der Waals surface area contributed by atoms with Gasteiger partial charge in [-0.1, -0.05) is 36.4 Å². The van der Waals surface area contributed by atoms with E-state index in [2.05, 4.69) is 39.7 Å². The summed E-state index contributed by atoms with van der Waals surface area (Å²) >= 11 is 0. The van der Waals surface area contributed by atoms with Crippen molar-refractivity contribution < 1.29 is 9.53 Å². The molecule has 6 nitrogen and oxygen atoms in total. The SMILES string of the molecule is COc1cccc(CCNC(=O)c2cnc(NCc3ccccc3C)cn2)c1. The predicted molar refractivity (Wildman–Crippen MR) is 110 cm³/mol. The molecule has 0 bridgehead atoms. The van der Waals surface area contributed by atoms with Crippen molar-refractivity contribution in [3.63, 3.8) is 0 Å². The molecule has 2 N–H and O–H groups in total. The molecule has 1 aromatic heterocycles. The molecule has 6 heteroatoms. The van der Waals surface area contributed by atoms with Crippen molar-refractivity contribution in [1.29, 1.82) is 0 Å². The number of benzene rings is 2. The number of aryl methyl sites for hydroxylation is 1. The van der Waals surface area contributed by atoms with Gasteiger partial charge in [0.05, 0.1) is 19.5 Å². The number of rotatable bonds is 8. The first kappa shape index (κ1) is 19.4. The maximum Gasteiger partial charge on any atom is 0.271 e. The maximum absolute atomic E-state index is 12.2. The Balaban J connectivity index is 1.48. The number of amides is 1. The first-order valence-corrected chi connectivity index (χ1v) is 9.17. The van der Waals surface area contributed by atoms with Gasteiger partial charge in [0.1, 0.15) is 17.3 Å². The smallest absolute Gasteiger partial charge is 0.271 e. The number of aromatic nitrogens is 2. The minimum atomic E-state index is -0.235. The lowest BCUT2D eigenvalue weighted by atomic mass is 10.1. The van der Waals surface area contributed by atoms with Crippen LogP contribution >= 0.6 is 0 Å². The Morgan fingerprint density at radius 1 is 1.07 bits per heavy atom. The van der Waals surface area contributed by atoms with Gasteiger partial charge in [0.15, 0.2) is 0 Å². The number of hydrogen-bond donors (Lipinski definition) is 2. The number of nitrogens with zero attached hydrogens (tertiary/aromatic N) is 2. The van der Waals surface area contributed by atoms with Crippen molar-refractivity contribution in [2.45, 2.75) is 19.9 Å². The van der Waals surface area contributed by atoms with Gasteiger partial charge in [0.2, 0.25) is 0 Å². The van der Waals surface area contributed by atoms with Crippen molar-refractivity contribution in [2.75, 3.05) is 19.0 Å². The van der Waals surface area contributed by atoms with Crippen LogP contribution in [0.2, 0.25) is 0 Å². The molecule has 0 aliphatic carbocycles. The Labute approximate surface area is 165 Å². The zero-order valence-corrected chi connectivity index (χ0v) is 16.1. The van der Waals surface area contributed by atoms with E-state index < -0.39 is 0 Å². The number of methoxy groups -OCH3 is 1. The highest BCUT2D eigenvalue weighted by atomic mass is 16.5. The van der Waals surface area contributed by atoms with Crippen LogP contribution in [0.15, 0.2) is 60.9 Å². The first-order valence-electron chi connectivity index (χ1n) is 9.17. The number of anilines is 1. The van der Waals surface area contributed by atoms with Crippen LogP contribution < -0.4 is 15.4 Å². The molecule has 0 radical (unpaired) electrons. The summed E-state index contributed by atoms with van der Waals surface area (Å²) in [5.41, 5.74) is 3.81. The van der Waals surface area contributed by atoms with E-state index in [4.69, 9.17) is 4.74 Å². The van der Waals surface area contributed by atoms with Gasteiger partial charge in [-0.25, -0.2) is 9.97 Å². The summed E-state index contributed by atoms with van der Waals surface area (Å²) in [6.07, 6.45) is 3.78. The molecule has 0 spiro atoms. The molecule has 0 saturated heterocycles. The van der Waals surface area contributed by atoms with Crippen molar-refractivity contribution >= 4 is 11.7 Å². The Morgan fingerprint density at radius 2 is 1.93 bits per heavy atom. The summed E-state index contributed by atoms with van der Waals surface area (Å²) in [5, 5.41) is 6.09. The van der Waals surface area contributed by atoms with E-state index in [1.165, 1.54) is 17.3 Å². The third-order valence-corrected chi connectivity index (χ3v) is 4.44. The minimum absolute atomic E-state index is 0.235. The van der Waals surface area contributed by atoms with E-state index >= 15 is 0 Å². The lowest BCUT2D eigenvalue weighted by Gasteiger charge is -2.09. The van der Waals surface area contributed by atoms with E-state index in [1.54, 1.807) is 13.3 Å². The van der Waals surface area contributed by atoms with E-state index in [1.807, 2.05) is 36.4 Å². The third-order valence-electron chi connectivity index (χ3n) is 4.44. The zero-order chi connectivity index (χ0) is 19.8. The molecule has 3 aromatic rings. The molecule has 0 saturated carbocycles. The van der Waals surface area contributed by atoms with E-state index in [9.17, 15) is 4.79 Å². The fraction of sp³-hybridized carbons (Fsp3) is 0.227. The molecule has 0 unspecified atom stereocenters. The lowest BCUT2D eigenvalue weighted by Crippen LogP contribution is -2.26. The van der Waals surface area contributed by atoms with Crippen LogP contribution in [0.5, 0.6) is 5.75 Å². The van der Waals surface area contributed by atoms with Crippen molar-refractivity contribution in [1.82, 2.24) is 15.3 Å². The van der Waals surface area contributed by atoms with E-state index in [-0.39, 0.29) is 5.91 Å². The molecule has 0 aliphatic rings. The predicted octanol–water partition coefficient (Wildman–Crippen LogP) is 3.38. The van der Waals surface area contributed by atoms with Gasteiger partial charge in [-0.05, 0) is 42.2 Å². The second-order valence-electron chi connectivity index (χ2n) is 6.42. The summed E-state index contributed by atoms with van der Waals surface area (Å²) in [5.74, 6) is 1.21. The molecule has 1 amide bonds. The molecular weight excluding hydrogens is 352 g/mol. The van der Waals surface area contributed by atoms with Crippen LogP contribution in [0.4, 0.5) is 5.82 Å². The number of hydrogen-bond acceptors (Lipinski definition) is 5. The Kier molecular flexibility index (Phi) is 6.57. The van der Waals surface area contributed by atoms with Gasteiger partial charge in [0.25, 0.3) is 5.91 Å². The summed E-state index contributed by atoms with van der Waals surface area (Å²) in [7, 11) is 1.64. The van der Waals surface area contributed by atoms with Crippen LogP contribution in [0.3, 0.4) is 0 Å². The largest absolute Gasteiger partial charge is 0.497 e. The van der Waals surface area contributed by atoms with Gasteiger partial charge < -0.3 is 15.4 Å². The van der Waals surface area contributed by atoms with E-state index in [0.29, 0.717) is 31.0 Å². The average Bonchev–Trinajstić information content (AvgIpc) is 2.73. The van der Waals surface area contributed by atoms with Crippen LogP contribution in [-0.2, 0) is 13.0 Å². The Hall–Kier alpha value is -3.41. The third kappa shape index (κ3) is 5.30. The minimum Gasteiger partial charge on any atom is -0.497 e. The fourth-order valence-corrected chi connectivity index (χ4v) is 2.77. The molecule has 0 fully saturated rings. The molecule has 0 aliphatic heterocycles. The maximum atomic E-state index is 12.2. The first-order chi connectivity index (χ1) is 13.7. The van der Waals surface area contributed by atoms with Crippen LogP contribution in [-0.4, -0.2) is 29.5 Å². The van der Waals surface area contributed by atoms with Crippen molar-refractivity contribution in [3.8, 4) is 5.75 Å². The molecule has 2 aromatic carbocycles. The molecule has 0 atom stereocenters. The monoisotopic (exact) mass is 376 g/mol. The number of carbonyl (C=O) groups is 1. The topological polar surface area (TPSA) is 76.1 Å². The summed E-state index contributed by atoms with van der Waals surface area (Å²) in [6, 6.07) is 16.0. The molecule has 144 valence electrons. The lowest BCUT2D eigenvalue weighted by molar-refractivity contribution is 0.0949. The Bertz CT molecular complexity index is 926. The molecule has 28 heavy (non-hydrogen) atoms. The highest BCUT2D eigenvalue weighted by Gasteiger charge is 2.08. The van der Waals surface area contributed by atoms with Gasteiger partial charge in [0, 0.05) is 13.1 Å². The highest BCUT2D eigenvalue weighted by Crippen LogP contribution is 2.13. The van der Waals surface area contributed by atoms with Crippen LogP contribution in [0.1, 0.15) is 27.2 Å². The highest BCUT2D eigenvalue weighted by molar-refractivity contribution is 5.92. The van der Waals surface area contributed by atoms with Gasteiger partial charge >= 0.3 is 0 Å². The van der Waals surface area contributed by atoms with Crippen molar-refractivity contribution in [3.05, 3.63) is 83.3 Å². The quantitative estimate of drug-likeness (QED) is 0.630. The van der Waals surface area contributed by atoms with E-state index in [0.717, 1.165) is 11.3 Å². The standard InChI is InChI=1S/C22H24N4O2/c1-16-6-3-4-8-18(16)13-25-21-15-24-20(14-26-21)22(27)23-11-10-17-7-5-9-19(12-17)28-2/h3-9,12,14-15H,10-11,13H2,1-2H3,(H,23,27)(H,25,26). The number of ether oxygens (including phenoxy) is 1. The normalized spacial score (nSPS) is 10.4. The van der Waals surface area contributed by atoms with Crippen LogP contribution in [0.25, 0.3) is 0 Å². The summed E-state index contributed by atoms with van der Waals surface area (Å²) in [4.78, 5) is 20.7. The molecule has 1 heterocycles. The number of carbonyl (C=O) groups excluding carboxylic acids is 1. The van der Waals surface area contributed by atoms with Gasteiger partial charge in [-0.15, -0.1) is 0 Å². The van der Waals surface area contributed by atoms with Gasteiger partial charge in [-0.3, -0.25) is 4.79 Å². The van der Waals surface area contributed by atoms with Crippen LogP contribution in [0, 0.1) is 6.92 Å².